The van der Waals surface area contributed by atoms with Crippen LogP contribution in [0.1, 0.15) is 38.6 Å². The quantitative estimate of drug-likeness (QED) is 0.629. The standard InChI is InChI=1S/C16H15BrF2S/c17-12(9-11-13(18)5-3-6-14(11)19)16-8-10-4-1-2-7-15(10)20-16/h3,5-6,8,12H,1-2,4,7,9H2. The van der Waals surface area contributed by atoms with Gasteiger partial charge >= 0.3 is 0 Å². The molecule has 20 heavy (non-hydrogen) atoms. The number of aryl methyl sites for hydroxylation is 2. The van der Waals surface area contributed by atoms with Crippen molar-refractivity contribution in [2.24, 2.45) is 0 Å². The number of hydrogen-bond donors (Lipinski definition) is 0. The molecule has 0 nitrogen and oxygen atoms in total. The van der Waals surface area contributed by atoms with Crippen LogP contribution in [0.25, 0.3) is 0 Å². The number of benzene rings is 1. The Morgan fingerprint density at radius 2 is 1.85 bits per heavy atom. The molecule has 0 spiro atoms. The summed E-state index contributed by atoms with van der Waals surface area (Å²) in [5, 5.41) is 0. The van der Waals surface area contributed by atoms with Gasteiger partial charge in [0.25, 0.3) is 0 Å². The molecular weight excluding hydrogens is 342 g/mol. The van der Waals surface area contributed by atoms with Gasteiger partial charge in [0.1, 0.15) is 11.6 Å². The van der Waals surface area contributed by atoms with E-state index in [1.54, 1.807) is 11.3 Å². The van der Waals surface area contributed by atoms with E-state index < -0.39 is 11.6 Å². The first-order valence-corrected chi connectivity index (χ1v) is 8.57. The van der Waals surface area contributed by atoms with E-state index in [4.69, 9.17) is 0 Å². The van der Waals surface area contributed by atoms with E-state index in [-0.39, 0.29) is 10.4 Å². The number of halogens is 3. The molecule has 4 heteroatoms. The van der Waals surface area contributed by atoms with Gasteiger partial charge in [-0.3, -0.25) is 0 Å². The first-order valence-electron chi connectivity index (χ1n) is 6.83. The minimum Gasteiger partial charge on any atom is -0.207 e. The van der Waals surface area contributed by atoms with Crippen molar-refractivity contribution in [3.8, 4) is 0 Å². The Labute approximate surface area is 130 Å². The highest BCUT2D eigenvalue weighted by Gasteiger charge is 2.20. The van der Waals surface area contributed by atoms with E-state index in [2.05, 4.69) is 22.0 Å². The Bertz CT molecular complexity index is 577. The van der Waals surface area contributed by atoms with Crippen LogP contribution >= 0.6 is 27.3 Å². The molecular formula is C16H15BrF2S. The van der Waals surface area contributed by atoms with Crippen LogP contribution in [0.5, 0.6) is 0 Å². The third-order valence-electron chi connectivity index (χ3n) is 3.77. The molecule has 0 bridgehead atoms. The van der Waals surface area contributed by atoms with Crippen molar-refractivity contribution in [3.63, 3.8) is 0 Å². The molecule has 0 N–H and O–H groups in total. The number of fused-ring (bicyclic) bond motifs is 1. The highest BCUT2D eigenvalue weighted by Crippen LogP contribution is 2.38. The van der Waals surface area contributed by atoms with Gasteiger partial charge < -0.3 is 0 Å². The van der Waals surface area contributed by atoms with Crippen LogP contribution < -0.4 is 0 Å². The van der Waals surface area contributed by atoms with Crippen LogP contribution in [0.4, 0.5) is 8.78 Å². The van der Waals surface area contributed by atoms with Crippen molar-refractivity contribution < 1.29 is 8.78 Å². The maximum absolute atomic E-state index is 13.7. The largest absolute Gasteiger partial charge is 0.207 e. The van der Waals surface area contributed by atoms with Gasteiger partial charge in [-0.2, -0.15) is 0 Å². The maximum atomic E-state index is 13.7. The smallest absolute Gasteiger partial charge is 0.129 e. The second kappa shape index (κ2) is 5.94. The van der Waals surface area contributed by atoms with E-state index >= 15 is 0 Å². The molecule has 0 aliphatic heterocycles. The summed E-state index contributed by atoms with van der Waals surface area (Å²) in [6.07, 6.45) is 5.13. The normalized spacial score (nSPS) is 15.9. The van der Waals surface area contributed by atoms with Crippen LogP contribution in [0.3, 0.4) is 0 Å². The lowest BCUT2D eigenvalue weighted by Gasteiger charge is -2.09. The summed E-state index contributed by atoms with van der Waals surface area (Å²) >= 11 is 5.38. The predicted molar refractivity (Wildman–Crippen MR) is 82.7 cm³/mol. The van der Waals surface area contributed by atoms with Gasteiger partial charge in [-0.1, -0.05) is 22.0 Å². The van der Waals surface area contributed by atoms with Crippen LogP contribution in [0, 0.1) is 11.6 Å². The lowest BCUT2D eigenvalue weighted by Crippen LogP contribution is -2.00. The lowest BCUT2D eigenvalue weighted by molar-refractivity contribution is 0.554. The fraction of sp³-hybridized carbons (Fsp3) is 0.375. The van der Waals surface area contributed by atoms with Crippen LogP contribution in [-0.4, -0.2) is 0 Å². The van der Waals surface area contributed by atoms with Crippen molar-refractivity contribution in [2.75, 3.05) is 0 Å². The molecule has 1 unspecified atom stereocenters. The second-order valence-corrected chi connectivity index (χ2v) is 7.45. The van der Waals surface area contributed by atoms with Gasteiger partial charge in [-0.05, 0) is 55.9 Å². The minimum absolute atomic E-state index is 0.0236. The summed E-state index contributed by atoms with van der Waals surface area (Å²) in [5.74, 6) is -0.925. The first kappa shape index (κ1) is 14.2. The van der Waals surface area contributed by atoms with Gasteiger partial charge in [-0.25, -0.2) is 8.78 Å². The predicted octanol–water partition coefficient (Wildman–Crippen LogP) is 5.58. The van der Waals surface area contributed by atoms with Crippen molar-refractivity contribution in [2.45, 2.75) is 36.9 Å². The molecule has 1 aliphatic carbocycles. The lowest BCUT2D eigenvalue weighted by atomic mass is 9.99. The van der Waals surface area contributed by atoms with Gasteiger partial charge in [0.15, 0.2) is 0 Å². The summed E-state index contributed by atoms with van der Waals surface area (Å²) in [5.41, 5.74) is 1.59. The van der Waals surface area contributed by atoms with E-state index in [9.17, 15) is 8.78 Å². The number of thiophene rings is 1. The Morgan fingerprint density at radius 1 is 1.15 bits per heavy atom. The zero-order valence-electron chi connectivity index (χ0n) is 11.0. The van der Waals surface area contributed by atoms with E-state index in [0.717, 1.165) is 12.8 Å². The SMILES string of the molecule is Fc1cccc(F)c1CC(Br)c1cc2c(s1)CCCC2. The number of rotatable bonds is 3. The zero-order valence-corrected chi connectivity index (χ0v) is 13.4. The van der Waals surface area contributed by atoms with Crippen LogP contribution in [0.15, 0.2) is 24.3 Å². The third-order valence-corrected chi connectivity index (χ3v) is 6.24. The Kier molecular flexibility index (Phi) is 4.22. The van der Waals surface area contributed by atoms with Gasteiger partial charge in [0.05, 0.1) is 4.83 Å². The molecule has 0 saturated heterocycles. The van der Waals surface area contributed by atoms with E-state index in [0.29, 0.717) is 6.42 Å². The molecule has 1 atom stereocenters. The summed E-state index contributed by atoms with van der Waals surface area (Å²) < 4.78 is 27.4. The molecule has 0 fully saturated rings. The molecule has 106 valence electrons. The van der Waals surface area contributed by atoms with Crippen molar-refractivity contribution in [3.05, 3.63) is 56.8 Å². The number of alkyl halides is 1. The average molecular weight is 357 g/mol. The summed E-state index contributed by atoms with van der Waals surface area (Å²) in [6, 6.07) is 6.24. The highest BCUT2D eigenvalue weighted by molar-refractivity contribution is 9.09. The van der Waals surface area contributed by atoms with Crippen molar-refractivity contribution in [1.29, 1.82) is 0 Å². The number of hydrogen-bond acceptors (Lipinski definition) is 1. The Morgan fingerprint density at radius 3 is 2.55 bits per heavy atom. The summed E-state index contributed by atoms with van der Waals surface area (Å²) in [4.78, 5) is 2.61. The second-order valence-electron chi connectivity index (χ2n) is 5.18. The van der Waals surface area contributed by atoms with E-state index in [1.807, 2.05) is 0 Å². The Hall–Kier alpha value is -0.740. The molecule has 0 saturated carbocycles. The first-order chi connectivity index (χ1) is 9.65. The monoisotopic (exact) mass is 356 g/mol. The average Bonchev–Trinajstić information content (AvgIpc) is 2.87. The molecule has 1 aliphatic rings. The minimum atomic E-state index is -0.462. The van der Waals surface area contributed by atoms with Gasteiger partial charge in [0.2, 0.25) is 0 Å². The summed E-state index contributed by atoms with van der Waals surface area (Å²) in [6.45, 7) is 0. The molecule has 0 radical (unpaired) electrons. The van der Waals surface area contributed by atoms with Gasteiger partial charge in [-0.15, -0.1) is 11.3 Å². The maximum Gasteiger partial charge on any atom is 0.129 e. The molecule has 1 aromatic carbocycles. The van der Waals surface area contributed by atoms with Crippen molar-refractivity contribution in [1.82, 2.24) is 0 Å². The third kappa shape index (κ3) is 2.82. The van der Waals surface area contributed by atoms with Gasteiger partial charge in [0, 0.05) is 15.3 Å². The molecule has 3 rings (SSSR count). The molecule has 2 aromatic rings. The zero-order chi connectivity index (χ0) is 14.1. The highest BCUT2D eigenvalue weighted by atomic mass is 79.9. The molecule has 1 heterocycles. The topological polar surface area (TPSA) is 0 Å². The molecule has 1 aromatic heterocycles. The fourth-order valence-electron chi connectivity index (χ4n) is 2.68. The van der Waals surface area contributed by atoms with Crippen LogP contribution in [0.2, 0.25) is 0 Å². The van der Waals surface area contributed by atoms with E-state index in [1.165, 1.54) is 46.4 Å². The summed E-state index contributed by atoms with van der Waals surface area (Å²) in [7, 11) is 0. The Balaban J connectivity index is 1.82. The van der Waals surface area contributed by atoms with Crippen LogP contribution in [-0.2, 0) is 19.3 Å². The molecule has 0 amide bonds. The fourth-order valence-corrected chi connectivity index (χ4v) is 4.65. The van der Waals surface area contributed by atoms with Crippen molar-refractivity contribution >= 4 is 27.3 Å².